The molecule has 0 aromatic heterocycles. The third-order valence-corrected chi connectivity index (χ3v) is 0.299. The molecule has 0 rings (SSSR count). The summed E-state index contributed by atoms with van der Waals surface area (Å²) in [6.07, 6.45) is 1.71. The van der Waals surface area contributed by atoms with Crippen molar-refractivity contribution in [2.75, 3.05) is 6.67 Å². The minimum Gasteiger partial charge on any atom is -0.462 e. The maximum atomic E-state index is 11.0. The third-order valence-electron chi connectivity index (χ3n) is 0.299. The highest BCUT2D eigenvalue weighted by molar-refractivity contribution is 4.88. The molecule has 0 aliphatic carbocycles. The molecule has 0 bridgehead atoms. The molecule has 1 nitrogen and oxygen atoms in total. The van der Waals surface area contributed by atoms with Gasteiger partial charge in [0.05, 0.1) is 0 Å². The molecule has 0 fully saturated rings. The van der Waals surface area contributed by atoms with Crippen molar-refractivity contribution in [3.05, 3.63) is 0 Å². The molecule has 0 amide bonds. The summed E-state index contributed by atoms with van der Waals surface area (Å²) in [7, 11) is 0. The Balaban J connectivity index is 2.79. The van der Waals surface area contributed by atoms with E-state index >= 15 is 0 Å². The van der Waals surface area contributed by atoms with E-state index in [1.54, 1.807) is 6.11 Å². The molecule has 34 valence electrons. The molecular formula is C4H5FO. The Morgan fingerprint density at radius 3 is 2.50 bits per heavy atom. The van der Waals surface area contributed by atoms with Gasteiger partial charge in [0.25, 0.3) is 0 Å². The van der Waals surface area contributed by atoms with E-state index in [2.05, 4.69) is 5.92 Å². The summed E-state index contributed by atoms with van der Waals surface area (Å²) in [4.78, 5) is 0. The summed E-state index contributed by atoms with van der Waals surface area (Å²) in [6, 6.07) is 0. The van der Waals surface area contributed by atoms with Crippen LogP contribution in [0.2, 0.25) is 0 Å². The van der Waals surface area contributed by atoms with Crippen molar-refractivity contribution in [1.82, 2.24) is 0 Å². The Labute approximate surface area is 35.8 Å². The van der Waals surface area contributed by atoms with Gasteiger partial charge in [0.1, 0.15) is 12.8 Å². The lowest BCUT2D eigenvalue weighted by molar-refractivity contribution is 0.495. The van der Waals surface area contributed by atoms with Crippen molar-refractivity contribution in [2.24, 2.45) is 0 Å². The molecule has 0 saturated heterocycles. The Kier molecular flexibility index (Phi) is 3.78. The maximum absolute atomic E-state index is 11.0. The van der Waals surface area contributed by atoms with Crippen LogP contribution in [-0.2, 0) is 0 Å². The number of aliphatic hydroxyl groups excluding tert-OH is 1. The van der Waals surface area contributed by atoms with Crippen LogP contribution < -0.4 is 0 Å². The second kappa shape index (κ2) is 4.29. The van der Waals surface area contributed by atoms with E-state index in [1.807, 2.05) is 0 Å². The minimum atomic E-state index is -0.479. The average Bonchev–Trinajstić information content (AvgIpc) is 1.61. The predicted octanol–water partition coefficient (Wildman–Crippen LogP) is 0.679. The highest BCUT2D eigenvalue weighted by Gasteiger charge is 1.68. The zero-order valence-corrected chi connectivity index (χ0v) is 3.24. The van der Waals surface area contributed by atoms with Gasteiger partial charge in [0, 0.05) is 6.42 Å². The van der Waals surface area contributed by atoms with Crippen LogP contribution in [0.4, 0.5) is 4.39 Å². The van der Waals surface area contributed by atoms with Gasteiger partial charge in [-0.25, -0.2) is 0 Å². The third kappa shape index (κ3) is 3.29. The van der Waals surface area contributed by atoms with Gasteiger partial charge in [-0.15, -0.1) is 0 Å². The van der Waals surface area contributed by atoms with Crippen molar-refractivity contribution < 1.29 is 9.50 Å². The van der Waals surface area contributed by atoms with Crippen molar-refractivity contribution in [2.45, 2.75) is 6.42 Å². The maximum Gasteiger partial charge on any atom is 0.107 e. The van der Waals surface area contributed by atoms with Gasteiger partial charge in [-0.05, 0) is 0 Å². The molecule has 2 heteroatoms. The predicted molar refractivity (Wildman–Crippen MR) is 20.3 cm³/mol. The van der Waals surface area contributed by atoms with Crippen molar-refractivity contribution in [3.8, 4) is 12.0 Å². The lowest BCUT2D eigenvalue weighted by Crippen LogP contribution is -1.66. The fourth-order valence-electron chi connectivity index (χ4n) is 0.103. The highest BCUT2D eigenvalue weighted by Crippen LogP contribution is 1.72. The molecule has 0 aliphatic rings. The van der Waals surface area contributed by atoms with Crippen LogP contribution >= 0.6 is 0 Å². The van der Waals surface area contributed by atoms with Gasteiger partial charge < -0.3 is 5.11 Å². The quantitative estimate of drug-likeness (QED) is 0.467. The van der Waals surface area contributed by atoms with Gasteiger partial charge in [0.2, 0.25) is 0 Å². The number of rotatable bonds is 1. The molecule has 0 spiro atoms. The number of hydrogen-bond donors (Lipinski definition) is 1. The molecule has 6 heavy (non-hydrogen) atoms. The second-order valence-corrected chi connectivity index (χ2v) is 0.728. The van der Waals surface area contributed by atoms with Crippen LogP contribution in [0.15, 0.2) is 0 Å². The molecule has 0 atom stereocenters. The fraction of sp³-hybridized carbons (Fsp3) is 0.500. The van der Waals surface area contributed by atoms with E-state index in [4.69, 9.17) is 5.11 Å². The summed E-state index contributed by atoms with van der Waals surface area (Å²) in [5.74, 6) is 2.13. The molecule has 0 aromatic rings. The van der Waals surface area contributed by atoms with Gasteiger partial charge in [-0.1, -0.05) is 5.92 Å². The van der Waals surface area contributed by atoms with Crippen LogP contribution in [0.1, 0.15) is 6.42 Å². The number of alkyl halides is 1. The van der Waals surface area contributed by atoms with Crippen molar-refractivity contribution in [1.29, 1.82) is 0 Å². The molecule has 0 heterocycles. The van der Waals surface area contributed by atoms with Crippen LogP contribution in [0.25, 0.3) is 0 Å². The number of hydrogen-bond acceptors (Lipinski definition) is 1. The van der Waals surface area contributed by atoms with Crippen LogP contribution in [-0.4, -0.2) is 11.8 Å². The zero-order valence-electron chi connectivity index (χ0n) is 3.24. The van der Waals surface area contributed by atoms with Gasteiger partial charge in [-0.3, -0.25) is 4.39 Å². The van der Waals surface area contributed by atoms with E-state index in [0.717, 1.165) is 0 Å². The molecule has 0 saturated carbocycles. The molecular weight excluding hydrogens is 83.0 g/mol. The fourth-order valence-corrected chi connectivity index (χ4v) is 0.103. The summed E-state index contributed by atoms with van der Waals surface area (Å²) in [5, 5.41) is 7.67. The lowest BCUT2D eigenvalue weighted by Gasteiger charge is -1.68. The Bertz CT molecular complexity index is 69.4. The van der Waals surface area contributed by atoms with E-state index in [9.17, 15) is 4.39 Å². The van der Waals surface area contributed by atoms with Crippen LogP contribution in [0.3, 0.4) is 0 Å². The largest absolute Gasteiger partial charge is 0.462 e. The van der Waals surface area contributed by atoms with Gasteiger partial charge >= 0.3 is 0 Å². The summed E-state index contributed by atoms with van der Waals surface area (Å²) < 4.78 is 11.0. The Morgan fingerprint density at radius 1 is 1.67 bits per heavy atom. The van der Waals surface area contributed by atoms with Gasteiger partial charge in [-0.2, -0.15) is 0 Å². The van der Waals surface area contributed by atoms with Crippen molar-refractivity contribution >= 4 is 0 Å². The molecule has 0 aliphatic heterocycles. The second-order valence-electron chi connectivity index (χ2n) is 0.728. The summed E-state index contributed by atoms with van der Waals surface area (Å²) in [6.45, 7) is -0.479. The zero-order chi connectivity index (χ0) is 4.83. The van der Waals surface area contributed by atoms with E-state index in [0.29, 0.717) is 0 Å². The standard InChI is InChI=1S/C4H5FO/c5-3-1-2-4-6/h6H,1,3H2. The molecule has 1 N–H and O–H groups in total. The SMILES string of the molecule is OC#CCCF. The monoisotopic (exact) mass is 88.0 g/mol. The molecule has 0 radical (unpaired) electrons. The van der Waals surface area contributed by atoms with E-state index in [-0.39, 0.29) is 6.42 Å². The normalized spacial score (nSPS) is 6.17. The smallest absolute Gasteiger partial charge is 0.107 e. The molecule has 0 unspecified atom stereocenters. The Hall–Kier alpha value is -0.710. The minimum absolute atomic E-state index is 0.135. The molecule has 0 aromatic carbocycles. The first-order valence-electron chi connectivity index (χ1n) is 1.59. The first kappa shape index (κ1) is 5.29. The number of aliphatic hydroxyl groups is 1. The first-order chi connectivity index (χ1) is 2.91. The number of halogens is 1. The van der Waals surface area contributed by atoms with E-state index in [1.165, 1.54) is 0 Å². The first-order valence-corrected chi connectivity index (χ1v) is 1.59. The lowest BCUT2D eigenvalue weighted by atomic mass is 10.5. The van der Waals surface area contributed by atoms with Gasteiger partial charge in [0.15, 0.2) is 0 Å². The topological polar surface area (TPSA) is 20.2 Å². The summed E-state index contributed by atoms with van der Waals surface area (Å²) in [5.41, 5.74) is 0. The summed E-state index contributed by atoms with van der Waals surface area (Å²) >= 11 is 0. The van der Waals surface area contributed by atoms with Crippen LogP contribution in [0.5, 0.6) is 0 Å². The van der Waals surface area contributed by atoms with Crippen molar-refractivity contribution in [3.63, 3.8) is 0 Å². The Morgan fingerprint density at radius 2 is 2.33 bits per heavy atom. The van der Waals surface area contributed by atoms with E-state index < -0.39 is 6.67 Å². The average molecular weight is 88.1 g/mol. The highest BCUT2D eigenvalue weighted by atomic mass is 19.1. The van der Waals surface area contributed by atoms with Crippen LogP contribution in [0, 0.1) is 12.0 Å².